The molecule has 0 aliphatic heterocycles. The molecule has 0 spiro atoms. The van der Waals surface area contributed by atoms with Crippen LogP contribution in [0.3, 0.4) is 0 Å². The number of alkyl halides is 6. The zero-order valence-electron chi connectivity index (χ0n) is 11.2. The highest BCUT2D eigenvalue weighted by molar-refractivity contribution is 5.80. The van der Waals surface area contributed by atoms with Crippen LogP contribution in [-0.2, 0) is 4.79 Å². The minimum absolute atomic E-state index is 0.171. The average Bonchev–Trinajstić information content (AvgIpc) is 2.33. The maximum absolute atomic E-state index is 12.5. The molecule has 0 aromatic rings. The smallest absolute Gasteiger partial charge is 0.351 e. The fourth-order valence-corrected chi connectivity index (χ4v) is 2.65. The first-order chi connectivity index (χ1) is 9.57. The number of nitrogens with two attached hydrogens (primary N) is 1. The minimum atomic E-state index is -5.67. The van der Waals surface area contributed by atoms with Gasteiger partial charge in [-0.2, -0.15) is 26.3 Å². The summed E-state index contributed by atoms with van der Waals surface area (Å²) in [6.07, 6.45) is -7.43. The van der Waals surface area contributed by atoms with Gasteiger partial charge in [0.1, 0.15) is 0 Å². The lowest BCUT2D eigenvalue weighted by atomic mass is 9.83. The van der Waals surface area contributed by atoms with E-state index in [9.17, 15) is 31.1 Å². The molecule has 0 aromatic heterocycles. The summed E-state index contributed by atoms with van der Waals surface area (Å²) in [6, 6.07) is -0.856. The van der Waals surface area contributed by atoms with Crippen molar-refractivity contribution < 1.29 is 31.1 Å². The van der Waals surface area contributed by atoms with Crippen molar-refractivity contribution in [3.63, 3.8) is 0 Å². The normalized spacial score (nSPS) is 19.6. The van der Waals surface area contributed by atoms with E-state index in [1.54, 1.807) is 0 Å². The number of rotatable bonds is 4. The fourth-order valence-electron chi connectivity index (χ4n) is 2.65. The first-order valence-electron chi connectivity index (χ1n) is 6.71. The van der Waals surface area contributed by atoms with E-state index in [0.29, 0.717) is 12.8 Å². The Hall–Kier alpha value is -0.990. The van der Waals surface area contributed by atoms with Crippen molar-refractivity contribution in [3.8, 4) is 0 Å². The van der Waals surface area contributed by atoms with Crippen molar-refractivity contribution in [3.05, 3.63) is 0 Å². The second-order valence-electron chi connectivity index (χ2n) is 5.27. The number of nitrogens with one attached hydrogen (secondary N) is 1. The molecule has 0 bridgehead atoms. The molecular formula is C12H18F6N2O. The van der Waals surface area contributed by atoms with E-state index in [4.69, 9.17) is 5.73 Å². The number of carbonyl (C=O) groups is 1. The average molecular weight is 320 g/mol. The van der Waals surface area contributed by atoms with Crippen molar-refractivity contribution in [2.45, 2.75) is 50.5 Å². The van der Waals surface area contributed by atoms with E-state index in [2.05, 4.69) is 0 Å². The zero-order valence-corrected chi connectivity index (χ0v) is 11.2. The Morgan fingerprint density at radius 1 is 1.05 bits per heavy atom. The summed E-state index contributed by atoms with van der Waals surface area (Å²) >= 11 is 0. The van der Waals surface area contributed by atoms with Gasteiger partial charge in [0.05, 0.1) is 0 Å². The minimum Gasteiger partial charge on any atom is -0.351 e. The molecular weight excluding hydrogens is 302 g/mol. The highest BCUT2D eigenvalue weighted by Crippen LogP contribution is 2.39. The largest absolute Gasteiger partial charge is 0.409 e. The van der Waals surface area contributed by atoms with Crippen LogP contribution in [0.2, 0.25) is 0 Å². The first kappa shape index (κ1) is 18.1. The number of hydrogen-bond donors (Lipinski definition) is 2. The van der Waals surface area contributed by atoms with Gasteiger partial charge >= 0.3 is 12.4 Å². The van der Waals surface area contributed by atoms with Crippen LogP contribution in [0.4, 0.5) is 26.3 Å². The van der Waals surface area contributed by atoms with Crippen LogP contribution in [-0.4, -0.2) is 30.8 Å². The van der Waals surface area contributed by atoms with Gasteiger partial charge in [-0.1, -0.05) is 19.3 Å². The first-order valence-corrected chi connectivity index (χ1v) is 6.71. The predicted octanol–water partition coefficient (Wildman–Crippen LogP) is 2.75. The molecule has 1 amide bonds. The Balaban J connectivity index is 2.79. The predicted molar refractivity (Wildman–Crippen MR) is 63.2 cm³/mol. The number of carbonyl (C=O) groups excluding carboxylic acids is 1. The summed E-state index contributed by atoms with van der Waals surface area (Å²) in [7, 11) is 0. The van der Waals surface area contributed by atoms with Crippen molar-refractivity contribution in [1.82, 2.24) is 5.32 Å². The SMILES string of the molecule is NCC(NC(=O)C(C(F)(F)F)C(F)(F)F)C1CCCCC1. The van der Waals surface area contributed by atoms with Gasteiger partial charge in [-0.05, 0) is 18.8 Å². The second kappa shape index (κ2) is 6.85. The summed E-state index contributed by atoms with van der Waals surface area (Å²) in [4.78, 5) is 11.4. The van der Waals surface area contributed by atoms with Gasteiger partial charge in [-0.3, -0.25) is 4.79 Å². The topological polar surface area (TPSA) is 55.1 Å². The molecule has 0 radical (unpaired) electrons. The van der Waals surface area contributed by atoms with Crippen LogP contribution >= 0.6 is 0 Å². The third kappa shape index (κ3) is 5.05. The second-order valence-corrected chi connectivity index (χ2v) is 5.27. The standard InChI is InChI=1S/C12H18F6N2O/c13-11(14,15)9(12(16,17)18)10(21)20-8(6-19)7-4-2-1-3-5-7/h7-9H,1-6,19H2,(H,20,21). The lowest BCUT2D eigenvalue weighted by molar-refractivity contribution is -0.274. The molecule has 3 nitrogen and oxygen atoms in total. The van der Waals surface area contributed by atoms with Crippen molar-refractivity contribution >= 4 is 5.91 Å². The quantitative estimate of drug-likeness (QED) is 0.783. The Kier molecular flexibility index (Phi) is 5.89. The maximum Gasteiger partial charge on any atom is 0.409 e. The maximum atomic E-state index is 12.5. The van der Waals surface area contributed by atoms with Crippen LogP contribution in [0.5, 0.6) is 0 Å². The number of halogens is 6. The summed E-state index contributed by atoms with van der Waals surface area (Å²) in [5.41, 5.74) is 5.39. The Morgan fingerprint density at radius 2 is 1.52 bits per heavy atom. The van der Waals surface area contributed by atoms with Crippen molar-refractivity contribution in [2.75, 3.05) is 6.54 Å². The number of amides is 1. The van der Waals surface area contributed by atoms with Gasteiger partial charge in [-0.15, -0.1) is 0 Å². The molecule has 1 fully saturated rings. The molecule has 1 aliphatic rings. The lowest BCUT2D eigenvalue weighted by Crippen LogP contribution is -2.54. The molecule has 1 saturated carbocycles. The van der Waals surface area contributed by atoms with Crippen molar-refractivity contribution in [1.29, 1.82) is 0 Å². The number of hydrogen-bond acceptors (Lipinski definition) is 2. The monoisotopic (exact) mass is 320 g/mol. The zero-order chi connectivity index (χ0) is 16.3. The summed E-state index contributed by atoms with van der Waals surface area (Å²) < 4.78 is 74.7. The van der Waals surface area contributed by atoms with E-state index in [0.717, 1.165) is 19.3 Å². The van der Waals surface area contributed by atoms with E-state index >= 15 is 0 Å². The highest BCUT2D eigenvalue weighted by Gasteiger charge is 2.61. The van der Waals surface area contributed by atoms with Gasteiger partial charge in [-0.25, -0.2) is 0 Å². The van der Waals surface area contributed by atoms with E-state index in [-0.39, 0.29) is 12.5 Å². The van der Waals surface area contributed by atoms with Crippen LogP contribution in [0, 0.1) is 11.8 Å². The molecule has 0 heterocycles. The van der Waals surface area contributed by atoms with Gasteiger partial charge in [0.15, 0.2) is 0 Å². The Bertz CT molecular complexity index is 335. The van der Waals surface area contributed by atoms with Gasteiger partial charge in [0.25, 0.3) is 0 Å². The van der Waals surface area contributed by atoms with E-state index in [1.807, 2.05) is 5.32 Å². The van der Waals surface area contributed by atoms with Crippen LogP contribution in [0.15, 0.2) is 0 Å². The fraction of sp³-hybridized carbons (Fsp3) is 0.917. The molecule has 124 valence electrons. The Labute approximate surface area is 118 Å². The third-order valence-corrected chi connectivity index (χ3v) is 3.72. The Morgan fingerprint density at radius 3 is 1.90 bits per heavy atom. The molecule has 3 N–H and O–H groups in total. The molecule has 1 rings (SSSR count). The van der Waals surface area contributed by atoms with Crippen LogP contribution in [0.25, 0.3) is 0 Å². The summed E-state index contributed by atoms with van der Waals surface area (Å²) in [5.74, 6) is -6.26. The molecule has 0 aromatic carbocycles. The molecule has 21 heavy (non-hydrogen) atoms. The van der Waals surface area contributed by atoms with E-state index < -0.39 is 30.2 Å². The van der Waals surface area contributed by atoms with Crippen molar-refractivity contribution in [2.24, 2.45) is 17.6 Å². The molecule has 1 atom stereocenters. The summed E-state index contributed by atoms with van der Waals surface area (Å²) in [5, 5.41) is 1.85. The molecule has 9 heteroatoms. The third-order valence-electron chi connectivity index (χ3n) is 3.72. The van der Waals surface area contributed by atoms with Gasteiger partial charge in [0, 0.05) is 12.6 Å². The molecule has 1 aliphatic carbocycles. The van der Waals surface area contributed by atoms with Crippen LogP contribution < -0.4 is 11.1 Å². The van der Waals surface area contributed by atoms with Gasteiger partial charge in [0.2, 0.25) is 11.8 Å². The molecule has 1 unspecified atom stereocenters. The van der Waals surface area contributed by atoms with Gasteiger partial charge < -0.3 is 11.1 Å². The molecule has 0 saturated heterocycles. The summed E-state index contributed by atoms with van der Waals surface area (Å²) in [6.45, 7) is -0.182. The highest BCUT2D eigenvalue weighted by atomic mass is 19.4. The lowest BCUT2D eigenvalue weighted by Gasteiger charge is -2.32. The van der Waals surface area contributed by atoms with E-state index in [1.165, 1.54) is 0 Å². The van der Waals surface area contributed by atoms with Crippen LogP contribution in [0.1, 0.15) is 32.1 Å².